The minimum atomic E-state index is -1.68. The van der Waals surface area contributed by atoms with Gasteiger partial charge in [0.1, 0.15) is 6.04 Å². The summed E-state index contributed by atoms with van der Waals surface area (Å²) in [6, 6.07) is 17.9. The number of carbonyl (C=O) groups excluding carboxylic acids is 2. The highest BCUT2D eigenvalue weighted by atomic mass is 16.4. The van der Waals surface area contributed by atoms with Gasteiger partial charge in [-0.25, -0.2) is 4.79 Å². The molecule has 2 rings (SSSR count). The number of carbonyl (C=O) groups is 2. The summed E-state index contributed by atoms with van der Waals surface area (Å²) in [4.78, 5) is 25.3. The highest BCUT2D eigenvalue weighted by molar-refractivity contribution is 6.43. The van der Waals surface area contributed by atoms with E-state index in [2.05, 4.69) is 16.0 Å². The molecule has 0 bridgehead atoms. The number of hydrogen-bond donors (Lipinski definition) is 5. The SMILES string of the molecule is CC(C)CC(NC(=O)C(Cc1ccccc1)NC(=O)NCCc1ccccc1)B(O)O. The zero-order valence-electron chi connectivity index (χ0n) is 18.1. The van der Waals surface area contributed by atoms with Gasteiger partial charge < -0.3 is 26.0 Å². The highest BCUT2D eigenvalue weighted by Crippen LogP contribution is 2.08. The predicted octanol–water partition coefficient (Wildman–Crippen LogP) is 1.68. The summed E-state index contributed by atoms with van der Waals surface area (Å²) in [5, 5.41) is 27.4. The molecule has 2 atom stereocenters. The molecule has 0 radical (unpaired) electrons. The standard InChI is InChI=1S/C23H32BN3O4/c1-17(2)15-21(24(30)31)27-22(28)20(16-19-11-7-4-8-12-19)26-23(29)25-14-13-18-9-5-3-6-10-18/h3-12,17,20-21,30-31H,13-16H2,1-2H3,(H,27,28)(H2,25,26,29). The Balaban J connectivity index is 1.99. The van der Waals surface area contributed by atoms with Gasteiger partial charge in [0.25, 0.3) is 0 Å². The maximum absolute atomic E-state index is 12.9. The molecule has 0 fully saturated rings. The van der Waals surface area contributed by atoms with Crippen LogP contribution in [0, 0.1) is 5.92 Å². The number of urea groups is 1. The van der Waals surface area contributed by atoms with Gasteiger partial charge in [-0.15, -0.1) is 0 Å². The second-order valence-electron chi connectivity index (χ2n) is 8.04. The van der Waals surface area contributed by atoms with Gasteiger partial charge in [0.05, 0.1) is 5.94 Å². The molecule has 8 heteroatoms. The Morgan fingerprint density at radius 1 is 0.903 bits per heavy atom. The summed E-state index contributed by atoms with van der Waals surface area (Å²) >= 11 is 0. The van der Waals surface area contributed by atoms with Gasteiger partial charge in [0, 0.05) is 13.0 Å². The molecule has 0 aliphatic heterocycles. The highest BCUT2D eigenvalue weighted by Gasteiger charge is 2.30. The summed E-state index contributed by atoms with van der Waals surface area (Å²) in [7, 11) is -1.68. The van der Waals surface area contributed by atoms with Crippen molar-refractivity contribution in [1.29, 1.82) is 0 Å². The molecule has 2 aromatic rings. The van der Waals surface area contributed by atoms with Gasteiger partial charge >= 0.3 is 13.1 Å². The average molecular weight is 425 g/mol. The van der Waals surface area contributed by atoms with Crippen LogP contribution in [-0.2, 0) is 17.6 Å². The van der Waals surface area contributed by atoms with Crippen molar-refractivity contribution in [3.05, 3.63) is 71.8 Å². The molecule has 0 saturated heterocycles. The average Bonchev–Trinajstić information content (AvgIpc) is 2.74. The van der Waals surface area contributed by atoms with Crippen LogP contribution in [-0.4, -0.2) is 47.6 Å². The Hall–Kier alpha value is -2.84. The van der Waals surface area contributed by atoms with Gasteiger partial charge in [-0.1, -0.05) is 74.5 Å². The number of rotatable bonds is 11. The zero-order chi connectivity index (χ0) is 22.6. The van der Waals surface area contributed by atoms with Gasteiger partial charge in [-0.05, 0) is 29.9 Å². The van der Waals surface area contributed by atoms with Crippen molar-refractivity contribution in [2.24, 2.45) is 5.92 Å². The normalized spacial score (nSPS) is 12.7. The van der Waals surface area contributed by atoms with Gasteiger partial charge in [-0.2, -0.15) is 0 Å². The first kappa shape index (κ1) is 24.4. The molecule has 2 unspecified atom stereocenters. The third-order valence-electron chi connectivity index (χ3n) is 4.86. The van der Waals surface area contributed by atoms with Crippen LogP contribution in [0.2, 0.25) is 0 Å². The van der Waals surface area contributed by atoms with Crippen LogP contribution in [0.25, 0.3) is 0 Å². The van der Waals surface area contributed by atoms with Crippen LogP contribution in [0.15, 0.2) is 60.7 Å². The van der Waals surface area contributed by atoms with Gasteiger partial charge in [0.15, 0.2) is 0 Å². The van der Waals surface area contributed by atoms with E-state index >= 15 is 0 Å². The molecule has 0 aliphatic carbocycles. The summed E-state index contributed by atoms with van der Waals surface area (Å²) in [5.41, 5.74) is 1.99. The summed E-state index contributed by atoms with van der Waals surface area (Å²) in [5.74, 6) is -1.11. The van der Waals surface area contributed by atoms with Crippen molar-refractivity contribution in [3.8, 4) is 0 Å². The van der Waals surface area contributed by atoms with Crippen molar-refractivity contribution in [3.63, 3.8) is 0 Å². The molecule has 0 aromatic heterocycles. The smallest absolute Gasteiger partial charge is 0.426 e. The summed E-state index contributed by atoms with van der Waals surface area (Å²) in [6.07, 6.45) is 1.37. The third-order valence-corrected chi connectivity index (χ3v) is 4.86. The largest absolute Gasteiger partial charge is 0.475 e. The lowest BCUT2D eigenvalue weighted by molar-refractivity contribution is -0.123. The summed E-state index contributed by atoms with van der Waals surface area (Å²) < 4.78 is 0. The molecule has 2 aromatic carbocycles. The van der Waals surface area contributed by atoms with Gasteiger partial charge in [-0.3, -0.25) is 4.79 Å². The van der Waals surface area contributed by atoms with Crippen molar-refractivity contribution in [1.82, 2.24) is 16.0 Å². The van der Waals surface area contributed by atoms with E-state index in [0.29, 0.717) is 19.4 Å². The van der Waals surface area contributed by atoms with Crippen LogP contribution in [0.3, 0.4) is 0 Å². The molecule has 31 heavy (non-hydrogen) atoms. The monoisotopic (exact) mass is 425 g/mol. The van der Waals surface area contributed by atoms with E-state index in [1.54, 1.807) is 0 Å². The second kappa shape index (κ2) is 12.8. The minimum Gasteiger partial charge on any atom is -0.426 e. The Labute approximate surface area is 184 Å². The molecular formula is C23H32BN3O4. The van der Waals surface area contributed by atoms with E-state index < -0.39 is 31.0 Å². The van der Waals surface area contributed by atoms with E-state index in [9.17, 15) is 19.6 Å². The van der Waals surface area contributed by atoms with Crippen molar-refractivity contribution >= 4 is 19.1 Å². The fourth-order valence-electron chi connectivity index (χ4n) is 3.28. The molecule has 166 valence electrons. The topological polar surface area (TPSA) is 111 Å². The number of hydrogen-bond acceptors (Lipinski definition) is 4. The first-order valence-electron chi connectivity index (χ1n) is 10.6. The number of benzene rings is 2. The maximum atomic E-state index is 12.9. The molecule has 0 heterocycles. The number of amides is 3. The van der Waals surface area contributed by atoms with Crippen LogP contribution < -0.4 is 16.0 Å². The molecule has 3 amide bonds. The zero-order valence-corrected chi connectivity index (χ0v) is 18.1. The second-order valence-corrected chi connectivity index (χ2v) is 8.04. The molecule has 5 N–H and O–H groups in total. The van der Waals surface area contributed by atoms with E-state index in [1.807, 2.05) is 74.5 Å². The van der Waals surface area contributed by atoms with E-state index in [4.69, 9.17) is 0 Å². The Kier molecular flexibility index (Phi) is 10.1. The molecular weight excluding hydrogens is 393 g/mol. The van der Waals surface area contributed by atoms with Gasteiger partial charge in [0.2, 0.25) is 5.91 Å². The fraction of sp³-hybridized carbons (Fsp3) is 0.391. The molecule has 0 aliphatic rings. The Bertz CT molecular complexity index is 803. The van der Waals surface area contributed by atoms with Crippen LogP contribution in [0.5, 0.6) is 0 Å². The molecule has 0 spiro atoms. The van der Waals surface area contributed by atoms with Crippen molar-refractivity contribution < 1.29 is 19.6 Å². The Morgan fingerprint density at radius 3 is 2.03 bits per heavy atom. The lowest BCUT2D eigenvalue weighted by atomic mass is 9.75. The fourth-order valence-corrected chi connectivity index (χ4v) is 3.28. The molecule has 0 saturated carbocycles. The van der Waals surface area contributed by atoms with Crippen molar-refractivity contribution in [2.45, 2.75) is 45.1 Å². The first-order valence-corrected chi connectivity index (χ1v) is 10.6. The van der Waals surface area contributed by atoms with E-state index in [1.165, 1.54) is 0 Å². The quantitative estimate of drug-likeness (QED) is 0.353. The van der Waals surface area contributed by atoms with Crippen LogP contribution in [0.1, 0.15) is 31.4 Å². The minimum absolute atomic E-state index is 0.161. The predicted molar refractivity (Wildman–Crippen MR) is 122 cm³/mol. The maximum Gasteiger partial charge on any atom is 0.475 e. The lowest BCUT2D eigenvalue weighted by Gasteiger charge is -2.24. The van der Waals surface area contributed by atoms with Crippen LogP contribution >= 0.6 is 0 Å². The Morgan fingerprint density at radius 2 is 1.48 bits per heavy atom. The summed E-state index contributed by atoms with van der Waals surface area (Å²) in [6.45, 7) is 4.30. The first-order chi connectivity index (χ1) is 14.8. The molecule has 7 nitrogen and oxygen atoms in total. The van der Waals surface area contributed by atoms with E-state index in [0.717, 1.165) is 11.1 Å². The third kappa shape index (κ3) is 9.23. The van der Waals surface area contributed by atoms with E-state index in [-0.39, 0.29) is 12.3 Å². The van der Waals surface area contributed by atoms with Crippen molar-refractivity contribution in [2.75, 3.05) is 6.54 Å². The lowest BCUT2D eigenvalue weighted by Crippen LogP contribution is -2.56. The van der Waals surface area contributed by atoms with Crippen LogP contribution in [0.4, 0.5) is 4.79 Å². The number of nitrogens with one attached hydrogen (secondary N) is 3.